The van der Waals surface area contributed by atoms with Crippen LogP contribution >= 0.6 is 0 Å². The number of carbonyl (C=O) groups is 1. The lowest BCUT2D eigenvalue weighted by atomic mass is 10.1. The number of nitrogens with one attached hydrogen (secondary N) is 3. The van der Waals surface area contributed by atoms with Crippen molar-refractivity contribution in [3.05, 3.63) is 60.3 Å². The Hall–Kier alpha value is -3.66. The molecule has 0 saturated heterocycles. The summed E-state index contributed by atoms with van der Waals surface area (Å²) in [6.07, 6.45) is 2.91. The van der Waals surface area contributed by atoms with E-state index >= 15 is 0 Å². The molecule has 0 saturated carbocycles. The number of rotatable bonds is 7. The molecule has 3 rings (SSSR count). The maximum Gasteiger partial charge on any atom is 0.276 e. The molecule has 150 valence electrons. The molecule has 1 amide bonds. The highest BCUT2D eigenvalue weighted by atomic mass is 32.2. The smallest absolute Gasteiger partial charge is 0.276 e. The highest BCUT2D eigenvalue weighted by Gasteiger charge is 2.13. The Balaban J connectivity index is 1.72. The van der Waals surface area contributed by atoms with E-state index in [1.54, 1.807) is 13.3 Å². The van der Waals surface area contributed by atoms with Crippen LogP contribution in [0, 0.1) is 0 Å². The third-order valence-corrected chi connectivity index (χ3v) is 5.15. The molecule has 0 aliphatic rings. The fraction of sp³-hybridized carbons (Fsp3) is 0.105. The van der Waals surface area contributed by atoms with Crippen molar-refractivity contribution in [2.45, 2.75) is 11.8 Å². The molecule has 10 heteroatoms. The number of ether oxygens (including phenoxy) is 1. The summed E-state index contributed by atoms with van der Waals surface area (Å²) >= 11 is 0. The average Bonchev–Trinajstić information content (AvgIpc) is 3.16. The molecule has 0 fully saturated rings. The number of aromatic nitrogens is 2. The van der Waals surface area contributed by atoms with Crippen molar-refractivity contribution in [3.8, 4) is 17.0 Å². The fourth-order valence-corrected chi connectivity index (χ4v) is 3.31. The van der Waals surface area contributed by atoms with E-state index in [9.17, 15) is 13.2 Å². The van der Waals surface area contributed by atoms with Gasteiger partial charge in [-0.1, -0.05) is 0 Å². The predicted molar refractivity (Wildman–Crippen MR) is 109 cm³/mol. The molecule has 2 aromatic carbocycles. The molecule has 0 aliphatic carbocycles. The van der Waals surface area contributed by atoms with Crippen LogP contribution in [0.3, 0.4) is 0 Å². The molecule has 0 unspecified atom stereocenters. The SMILES string of the molecule is COc1ccc(-c2[nH]ncc2/C=N/NS(=O)(=O)c2ccc(NC(C)=O)cc2)cc1. The third kappa shape index (κ3) is 4.99. The molecule has 29 heavy (non-hydrogen) atoms. The van der Waals surface area contributed by atoms with Gasteiger partial charge in [0.1, 0.15) is 5.75 Å². The lowest BCUT2D eigenvalue weighted by Gasteiger charge is -2.06. The van der Waals surface area contributed by atoms with Crippen LogP contribution in [0.2, 0.25) is 0 Å². The van der Waals surface area contributed by atoms with Crippen molar-refractivity contribution in [2.24, 2.45) is 5.10 Å². The van der Waals surface area contributed by atoms with Gasteiger partial charge in [-0.15, -0.1) is 0 Å². The number of benzene rings is 2. The Bertz CT molecular complexity index is 1120. The Morgan fingerprint density at radius 3 is 2.45 bits per heavy atom. The van der Waals surface area contributed by atoms with E-state index in [0.717, 1.165) is 11.3 Å². The van der Waals surface area contributed by atoms with Gasteiger partial charge in [0.2, 0.25) is 5.91 Å². The van der Waals surface area contributed by atoms with Gasteiger partial charge in [-0.05, 0) is 48.5 Å². The van der Waals surface area contributed by atoms with Crippen molar-refractivity contribution in [3.63, 3.8) is 0 Å². The number of aromatic amines is 1. The van der Waals surface area contributed by atoms with Gasteiger partial charge in [-0.3, -0.25) is 9.89 Å². The maximum atomic E-state index is 12.4. The molecule has 1 aromatic heterocycles. The van der Waals surface area contributed by atoms with E-state index < -0.39 is 10.0 Å². The molecule has 1 heterocycles. The number of hydrogen-bond acceptors (Lipinski definition) is 6. The number of nitrogens with zero attached hydrogens (tertiary/aromatic N) is 2. The van der Waals surface area contributed by atoms with Gasteiger partial charge in [0.25, 0.3) is 10.0 Å². The van der Waals surface area contributed by atoms with E-state index in [4.69, 9.17) is 4.74 Å². The summed E-state index contributed by atoms with van der Waals surface area (Å²) in [7, 11) is -2.27. The highest BCUT2D eigenvalue weighted by Crippen LogP contribution is 2.22. The first kappa shape index (κ1) is 20.1. The molecule has 0 radical (unpaired) electrons. The van der Waals surface area contributed by atoms with E-state index in [2.05, 4.69) is 25.4 Å². The molecule has 0 spiro atoms. The number of hydrogen-bond donors (Lipinski definition) is 3. The Labute approximate surface area is 167 Å². The summed E-state index contributed by atoms with van der Waals surface area (Å²) in [5.41, 5.74) is 2.65. The van der Waals surface area contributed by atoms with Crippen molar-refractivity contribution in [1.82, 2.24) is 15.0 Å². The molecular formula is C19H19N5O4S. The number of H-pyrrole nitrogens is 1. The first-order valence-corrected chi connectivity index (χ1v) is 9.97. The van der Waals surface area contributed by atoms with E-state index in [1.165, 1.54) is 37.4 Å². The van der Waals surface area contributed by atoms with E-state index in [0.29, 0.717) is 16.9 Å². The fourth-order valence-electron chi connectivity index (χ4n) is 2.52. The second-order valence-electron chi connectivity index (χ2n) is 5.99. The second-order valence-corrected chi connectivity index (χ2v) is 7.65. The zero-order valence-electron chi connectivity index (χ0n) is 15.7. The number of amides is 1. The van der Waals surface area contributed by atoms with Crippen LogP contribution in [0.25, 0.3) is 11.3 Å². The van der Waals surface area contributed by atoms with Crippen LogP contribution in [0.4, 0.5) is 5.69 Å². The molecule has 9 nitrogen and oxygen atoms in total. The van der Waals surface area contributed by atoms with E-state index in [-0.39, 0.29) is 10.8 Å². The molecule has 0 atom stereocenters. The second kappa shape index (κ2) is 8.57. The largest absolute Gasteiger partial charge is 0.497 e. The Kier molecular flexibility index (Phi) is 5.93. The Morgan fingerprint density at radius 1 is 1.14 bits per heavy atom. The van der Waals surface area contributed by atoms with Gasteiger partial charge in [-0.2, -0.15) is 18.6 Å². The number of carbonyl (C=O) groups excluding carboxylic acids is 1. The van der Waals surface area contributed by atoms with Crippen molar-refractivity contribution < 1.29 is 17.9 Å². The summed E-state index contributed by atoms with van der Waals surface area (Å²) in [6.45, 7) is 1.37. The van der Waals surface area contributed by atoms with Gasteiger partial charge in [0.05, 0.1) is 30.1 Å². The maximum absolute atomic E-state index is 12.4. The molecular weight excluding hydrogens is 394 g/mol. The van der Waals surface area contributed by atoms with E-state index in [1.807, 2.05) is 24.3 Å². The standard InChI is InChI=1S/C19H19N5O4S/c1-13(25)22-16-5-9-18(10-6-16)29(26,27)24-21-12-15-11-20-23-19(15)14-3-7-17(28-2)8-4-14/h3-12,24H,1-2H3,(H,20,23)(H,22,25)/b21-12+. The lowest BCUT2D eigenvalue weighted by Crippen LogP contribution is -2.18. The minimum atomic E-state index is -3.85. The van der Waals surface area contributed by atoms with Gasteiger partial charge in [0, 0.05) is 23.7 Å². The van der Waals surface area contributed by atoms with Crippen LogP contribution in [0.15, 0.2) is 64.7 Å². The normalized spacial score (nSPS) is 11.4. The average molecular weight is 413 g/mol. The summed E-state index contributed by atoms with van der Waals surface area (Å²) in [4.78, 5) is 13.2. The van der Waals surface area contributed by atoms with Crippen molar-refractivity contribution >= 4 is 27.8 Å². The van der Waals surface area contributed by atoms with Crippen LogP contribution in [-0.2, 0) is 14.8 Å². The van der Waals surface area contributed by atoms with Gasteiger partial charge < -0.3 is 10.1 Å². The zero-order chi connectivity index (χ0) is 20.9. The predicted octanol–water partition coefficient (Wildman–Crippen LogP) is 2.36. The summed E-state index contributed by atoms with van der Waals surface area (Å²) in [6, 6.07) is 13.1. The molecule has 0 aliphatic heterocycles. The summed E-state index contributed by atoms with van der Waals surface area (Å²) in [5.74, 6) is 0.483. The molecule has 3 N–H and O–H groups in total. The summed E-state index contributed by atoms with van der Waals surface area (Å²) < 4.78 is 29.9. The van der Waals surface area contributed by atoms with Crippen LogP contribution in [0.5, 0.6) is 5.75 Å². The molecule has 3 aromatic rings. The topological polar surface area (TPSA) is 126 Å². The van der Waals surface area contributed by atoms with Crippen LogP contribution in [-0.4, -0.2) is 37.8 Å². The van der Waals surface area contributed by atoms with Crippen molar-refractivity contribution in [2.75, 3.05) is 12.4 Å². The minimum Gasteiger partial charge on any atom is -0.497 e. The van der Waals surface area contributed by atoms with Gasteiger partial charge in [-0.25, -0.2) is 4.83 Å². The quantitative estimate of drug-likeness (QED) is 0.405. The first-order valence-electron chi connectivity index (χ1n) is 8.49. The van der Waals surface area contributed by atoms with Crippen molar-refractivity contribution in [1.29, 1.82) is 0 Å². The van der Waals surface area contributed by atoms with Gasteiger partial charge >= 0.3 is 0 Å². The number of hydrazone groups is 1. The zero-order valence-corrected chi connectivity index (χ0v) is 16.5. The Morgan fingerprint density at radius 2 is 1.83 bits per heavy atom. The minimum absolute atomic E-state index is 0.0197. The lowest BCUT2D eigenvalue weighted by molar-refractivity contribution is -0.114. The number of sulfonamides is 1. The monoisotopic (exact) mass is 413 g/mol. The summed E-state index contributed by atoms with van der Waals surface area (Å²) in [5, 5.41) is 13.3. The van der Waals surface area contributed by atoms with Gasteiger partial charge in [0.15, 0.2) is 0 Å². The molecule has 0 bridgehead atoms. The van der Waals surface area contributed by atoms with Crippen LogP contribution in [0.1, 0.15) is 12.5 Å². The van der Waals surface area contributed by atoms with Crippen LogP contribution < -0.4 is 14.9 Å². The number of anilines is 1. The number of methoxy groups -OCH3 is 1. The first-order chi connectivity index (χ1) is 13.9. The highest BCUT2D eigenvalue weighted by molar-refractivity contribution is 7.89. The third-order valence-electron chi connectivity index (χ3n) is 3.91.